The summed E-state index contributed by atoms with van der Waals surface area (Å²) in [6.45, 7) is 11.2. The number of amides is 3. The summed E-state index contributed by atoms with van der Waals surface area (Å²) in [4.78, 5) is 53.3. The zero-order valence-electron chi connectivity index (χ0n) is 22.8. The van der Waals surface area contributed by atoms with Crippen molar-refractivity contribution in [3.63, 3.8) is 0 Å². The fourth-order valence-electron chi connectivity index (χ4n) is 3.99. The average molecular weight is 536 g/mol. The summed E-state index contributed by atoms with van der Waals surface area (Å²) < 4.78 is 10.3. The number of alkyl carbamates (subject to hydrolysis) is 1. The minimum absolute atomic E-state index is 0.0239. The third-order valence-electron chi connectivity index (χ3n) is 6.20. The molecule has 9 nitrogen and oxygen atoms in total. The lowest BCUT2D eigenvalue weighted by atomic mass is 9.87. The molecule has 0 saturated heterocycles. The first kappa shape index (κ1) is 30.5. The van der Waals surface area contributed by atoms with E-state index in [2.05, 4.69) is 23.3 Å². The van der Waals surface area contributed by atoms with Crippen LogP contribution in [0, 0.1) is 13.8 Å². The Kier molecular flexibility index (Phi) is 11.3. The van der Waals surface area contributed by atoms with Crippen LogP contribution in [-0.4, -0.2) is 65.4 Å². The standard InChI is InChI=1S/C27H41N3O6S/c1-7-35-22(31)13-14-28-24(32)23(19-12-11-17(2)18(3)15-19)30(20-9-8-10-20)25(33)21(16-37)29-26(34)36-27(4,5)6/h11-12,15,20-21,23,37H,7-10,13-14,16H2,1-6H3,(H,28,32)(H,29,34). The Labute approximate surface area is 225 Å². The van der Waals surface area contributed by atoms with E-state index >= 15 is 0 Å². The van der Waals surface area contributed by atoms with Gasteiger partial charge in [-0.1, -0.05) is 18.2 Å². The summed E-state index contributed by atoms with van der Waals surface area (Å²) in [5.74, 6) is -1.18. The van der Waals surface area contributed by atoms with Crippen LogP contribution in [0.4, 0.5) is 4.79 Å². The summed E-state index contributed by atoms with van der Waals surface area (Å²) >= 11 is 4.32. The largest absolute Gasteiger partial charge is 0.466 e. The monoisotopic (exact) mass is 535 g/mol. The van der Waals surface area contributed by atoms with Crippen LogP contribution in [-0.2, 0) is 23.9 Å². The number of esters is 1. The molecule has 2 unspecified atom stereocenters. The molecule has 206 valence electrons. The predicted octanol–water partition coefficient (Wildman–Crippen LogP) is 3.62. The molecule has 1 aliphatic rings. The first-order chi connectivity index (χ1) is 17.4. The zero-order chi connectivity index (χ0) is 27.8. The number of nitrogens with zero attached hydrogens (tertiary/aromatic N) is 1. The second kappa shape index (κ2) is 13.7. The molecule has 10 heteroatoms. The summed E-state index contributed by atoms with van der Waals surface area (Å²) in [7, 11) is 0. The minimum atomic E-state index is -0.986. The number of nitrogens with one attached hydrogen (secondary N) is 2. The maximum Gasteiger partial charge on any atom is 0.408 e. The van der Waals surface area contributed by atoms with Gasteiger partial charge in [0, 0.05) is 18.3 Å². The van der Waals surface area contributed by atoms with Gasteiger partial charge in [0.2, 0.25) is 11.8 Å². The molecule has 1 aromatic rings. The van der Waals surface area contributed by atoms with Crippen molar-refractivity contribution in [1.29, 1.82) is 0 Å². The van der Waals surface area contributed by atoms with Gasteiger partial charge in [-0.25, -0.2) is 4.79 Å². The Morgan fingerprint density at radius 1 is 1.14 bits per heavy atom. The molecule has 3 amide bonds. The van der Waals surface area contributed by atoms with Crippen LogP contribution in [0.3, 0.4) is 0 Å². The van der Waals surface area contributed by atoms with Gasteiger partial charge in [0.15, 0.2) is 0 Å². The van der Waals surface area contributed by atoms with Crippen molar-refractivity contribution < 1.29 is 28.7 Å². The number of carbonyl (C=O) groups is 4. The van der Waals surface area contributed by atoms with E-state index < -0.39 is 41.6 Å². The van der Waals surface area contributed by atoms with E-state index in [0.717, 1.165) is 30.4 Å². The van der Waals surface area contributed by atoms with E-state index in [0.29, 0.717) is 5.56 Å². The molecule has 0 bridgehead atoms. The number of hydrogen-bond donors (Lipinski definition) is 3. The van der Waals surface area contributed by atoms with Gasteiger partial charge in [0.1, 0.15) is 17.7 Å². The third kappa shape index (κ3) is 8.94. The molecule has 0 radical (unpaired) electrons. The van der Waals surface area contributed by atoms with Gasteiger partial charge >= 0.3 is 12.1 Å². The van der Waals surface area contributed by atoms with Crippen molar-refractivity contribution in [2.75, 3.05) is 18.9 Å². The van der Waals surface area contributed by atoms with Crippen LogP contribution in [0.15, 0.2) is 18.2 Å². The summed E-state index contributed by atoms with van der Waals surface area (Å²) in [5, 5.41) is 5.43. The number of ether oxygens (including phenoxy) is 2. The van der Waals surface area contributed by atoms with Gasteiger partial charge in [-0.05, 0) is 77.5 Å². The zero-order valence-corrected chi connectivity index (χ0v) is 23.7. The van der Waals surface area contributed by atoms with Gasteiger partial charge in [-0.15, -0.1) is 0 Å². The van der Waals surface area contributed by atoms with E-state index in [4.69, 9.17) is 9.47 Å². The maximum atomic E-state index is 13.9. The van der Waals surface area contributed by atoms with Crippen molar-refractivity contribution in [3.8, 4) is 0 Å². The highest BCUT2D eigenvalue weighted by Crippen LogP contribution is 2.34. The van der Waals surface area contributed by atoms with Crippen molar-refractivity contribution >= 4 is 36.5 Å². The van der Waals surface area contributed by atoms with Crippen LogP contribution >= 0.6 is 12.6 Å². The molecule has 1 saturated carbocycles. The van der Waals surface area contributed by atoms with Gasteiger partial charge in [0.05, 0.1) is 13.0 Å². The normalized spacial score (nSPS) is 15.1. The van der Waals surface area contributed by atoms with Gasteiger partial charge in [-0.3, -0.25) is 14.4 Å². The highest BCUT2D eigenvalue weighted by Gasteiger charge is 2.41. The smallest absolute Gasteiger partial charge is 0.408 e. The molecule has 0 spiro atoms. The Hall–Kier alpha value is -2.75. The Morgan fingerprint density at radius 2 is 1.81 bits per heavy atom. The lowest BCUT2D eigenvalue weighted by Gasteiger charge is -2.43. The first-order valence-electron chi connectivity index (χ1n) is 12.8. The SMILES string of the molecule is CCOC(=O)CCNC(=O)C(c1ccc(C)c(C)c1)N(C(=O)C(CS)NC(=O)OC(C)(C)C)C1CCC1. The van der Waals surface area contributed by atoms with Crippen LogP contribution in [0.5, 0.6) is 0 Å². The Balaban J connectivity index is 2.38. The summed E-state index contributed by atoms with van der Waals surface area (Å²) in [6.07, 6.45) is 1.72. The van der Waals surface area contributed by atoms with Gasteiger partial charge < -0.3 is 25.0 Å². The Bertz CT molecular complexity index is 973. The van der Waals surface area contributed by atoms with Crippen molar-refractivity contribution in [3.05, 3.63) is 34.9 Å². The average Bonchev–Trinajstić information content (AvgIpc) is 2.76. The molecule has 1 aromatic carbocycles. The molecule has 1 fully saturated rings. The number of thiol groups is 1. The number of hydrogen-bond acceptors (Lipinski definition) is 7. The van der Waals surface area contributed by atoms with E-state index in [1.165, 1.54) is 0 Å². The molecule has 2 N–H and O–H groups in total. The number of benzene rings is 1. The highest BCUT2D eigenvalue weighted by atomic mass is 32.1. The molecule has 0 aliphatic heterocycles. The minimum Gasteiger partial charge on any atom is -0.466 e. The van der Waals surface area contributed by atoms with Crippen molar-refractivity contribution in [1.82, 2.24) is 15.5 Å². The molecular weight excluding hydrogens is 494 g/mol. The van der Waals surface area contributed by atoms with E-state index in [1.54, 1.807) is 32.6 Å². The fraction of sp³-hybridized carbons (Fsp3) is 0.630. The molecule has 2 atom stereocenters. The Morgan fingerprint density at radius 3 is 2.32 bits per heavy atom. The highest BCUT2D eigenvalue weighted by molar-refractivity contribution is 7.80. The van der Waals surface area contributed by atoms with Crippen molar-refractivity contribution in [2.45, 2.75) is 91.0 Å². The van der Waals surface area contributed by atoms with Crippen molar-refractivity contribution in [2.24, 2.45) is 0 Å². The molecule has 37 heavy (non-hydrogen) atoms. The van der Waals surface area contributed by atoms with Gasteiger partial charge in [0.25, 0.3) is 0 Å². The van der Waals surface area contributed by atoms with Crippen LogP contribution in [0.25, 0.3) is 0 Å². The summed E-state index contributed by atoms with van der Waals surface area (Å²) in [6, 6.07) is 3.57. The second-order valence-electron chi connectivity index (χ2n) is 10.3. The predicted molar refractivity (Wildman–Crippen MR) is 144 cm³/mol. The molecule has 2 rings (SSSR count). The van der Waals surface area contributed by atoms with Crippen LogP contribution < -0.4 is 10.6 Å². The molecule has 1 aliphatic carbocycles. The maximum absolute atomic E-state index is 13.9. The second-order valence-corrected chi connectivity index (χ2v) is 10.7. The van der Waals surface area contributed by atoms with Gasteiger partial charge in [-0.2, -0.15) is 12.6 Å². The number of rotatable bonds is 11. The quantitative estimate of drug-likeness (QED) is 0.295. The molecular formula is C27H41N3O6S. The number of carbonyl (C=O) groups excluding carboxylic acids is 4. The lowest BCUT2D eigenvalue weighted by Crippen LogP contribution is -2.58. The first-order valence-corrected chi connectivity index (χ1v) is 13.4. The summed E-state index contributed by atoms with van der Waals surface area (Å²) in [5.41, 5.74) is 1.97. The molecule has 0 heterocycles. The van der Waals surface area contributed by atoms with E-state index in [9.17, 15) is 19.2 Å². The van der Waals surface area contributed by atoms with Crippen LogP contribution in [0.2, 0.25) is 0 Å². The number of aryl methyl sites for hydroxylation is 2. The fourth-order valence-corrected chi connectivity index (χ4v) is 4.24. The van der Waals surface area contributed by atoms with Crippen LogP contribution in [0.1, 0.15) is 76.1 Å². The molecule has 0 aromatic heterocycles. The lowest BCUT2D eigenvalue weighted by molar-refractivity contribution is -0.147. The topological polar surface area (TPSA) is 114 Å². The van der Waals surface area contributed by atoms with E-state index in [-0.39, 0.29) is 31.4 Å². The third-order valence-corrected chi connectivity index (χ3v) is 6.57. The van der Waals surface area contributed by atoms with E-state index in [1.807, 2.05) is 32.0 Å².